The number of pyridine rings is 1. The maximum Gasteiger partial charge on any atom is 0.311 e. The zero-order valence-electron chi connectivity index (χ0n) is 9.28. The number of rotatable bonds is 3. The van der Waals surface area contributed by atoms with E-state index in [1.807, 2.05) is 0 Å². The molecular formula is C11H13N3O3. The van der Waals surface area contributed by atoms with Crippen molar-refractivity contribution in [2.45, 2.75) is 25.3 Å². The maximum absolute atomic E-state index is 11.0. The van der Waals surface area contributed by atoms with Gasteiger partial charge < -0.3 is 9.69 Å². The van der Waals surface area contributed by atoms with Crippen LogP contribution in [0.25, 0.3) is 0 Å². The standard InChI is InChI=1S/C11H13N3O3/c15-8-9-4-1-2-7-13(9)11-10(14(16)17)5-3-6-12-11/h3,5-6,8-9H,1-2,4,7H2. The van der Waals surface area contributed by atoms with E-state index in [2.05, 4.69) is 4.98 Å². The number of hydrogen-bond donors (Lipinski definition) is 0. The minimum Gasteiger partial charge on any atom is -0.341 e. The predicted octanol–water partition coefficient (Wildman–Crippen LogP) is 1.55. The molecule has 1 aliphatic rings. The van der Waals surface area contributed by atoms with E-state index in [1.54, 1.807) is 4.90 Å². The van der Waals surface area contributed by atoms with Crippen molar-refractivity contribution in [2.24, 2.45) is 0 Å². The number of hydrogen-bond acceptors (Lipinski definition) is 5. The normalized spacial score (nSPS) is 20.0. The van der Waals surface area contributed by atoms with Gasteiger partial charge in [0.1, 0.15) is 6.29 Å². The molecule has 0 saturated carbocycles. The fraction of sp³-hybridized carbons (Fsp3) is 0.455. The van der Waals surface area contributed by atoms with Gasteiger partial charge in [-0.15, -0.1) is 0 Å². The average Bonchev–Trinajstić information content (AvgIpc) is 2.38. The molecule has 1 saturated heterocycles. The molecule has 17 heavy (non-hydrogen) atoms. The summed E-state index contributed by atoms with van der Waals surface area (Å²) in [7, 11) is 0. The number of nitro groups is 1. The number of carbonyl (C=O) groups is 1. The molecule has 0 N–H and O–H groups in total. The third kappa shape index (κ3) is 2.25. The Kier molecular flexibility index (Phi) is 3.32. The van der Waals surface area contributed by atoms with Crippen LogP contribution in [-0.4, -0.2) is 28.8 Å². The zero-order chi connectivity index (χ0) is 12.3. The first-order valence-corrected chi connectivity index (χ1v) is 5.55. The van der Waals surface area contributed by atoms with E-state index in [0.29, 0.717) is 12.4 Å². The first-order valence-electron chi connectivity index (χ1n) is 5.55. The van der Waals surface area contributed by atoms with E-state index in [0.717, 1.165) is 25.5 Å². The summed E-state index contributed by atoms with van der Waals surface area (Å²) in [4.78, 5) is 27.2. The largest absolute Gasteiger partial charge is 0.341 e. The summed E-state index contributed by atoms with van der Waals surface area (Å²) in [5, 5.41) is 10.9. The fourth-order valence-electron chi connectivity index (χ4n) is 2.11. The SMILES string of the molecule is O=CC1CCCCN1c1ncccc1[N+](=O)[O-]. The van der Waals surface area contributed by atoms with Crippen molar-refractivity contribution >= 4 is 17.8 Å². The first-order chi connectivity index (χ1) is 8.24. The molecule has 0 aromatic carbocycles. The first kappa shape index (κ1) is 11.5. The molecule has 0 radical (unpaired) electrons. The molecule has 1 atom stereocenters. The maximum atomic E-state index is 11.0. The van der Waals surface area contributed by atoms with E-state index >= 15 is 0 Å². The lowest BCUT2D eigenvalue weighted by Gasteiger charge is -2.32. The van der Waals surface area contributed by atoms with Crippen molar-refractivity contribution in [2.75, 3.05) is 11.4 Å². The monoisotopic (exact) mass is 235 g/mol. The van der Waals surface area contributed by atoms with Crippen LogP contribution in [-0.2, 0) is 4.79 Å². The summed E-state index contributed by atoms with van der Waals surface area (Å²) in [5.74, 6) is 0.300. The van der Waals surface area contributed by atoms with Crippen molar-refractivity contribution in [3.05, 3.63) is 28.4 Å². The third-order valence-corrected chi connectivity index (χ3v) is 2.94. The van der Waals surface area contributed by atoms with Crippen LogP contribution in [0.3, 0.4) is 0 Å². The van der Waals surface area contributed by atoms with Crippen LogP contribution in [0.2, 0.25) is 0 Å². The van der Waals surface area contributed by atoms with Gasteiger partial charge in [-0.05, 0) is 25.3 Å². The highest BCUT2D eigenvalue weighted by atomic mass is 16.6. The van der Waals surface area contributed by atoms with Gasteiger partial charge in [0.15, 0.2) is 0 Å². The Morgan fingerprint density at radius 3 is 3.06 bits per heavy atom. The molecule has 0 spiro atoms. The van der Waals surface area contributed by atoms with Gasteiger partial charge in [0.05, 0.1) is 11.0 Å². The number of nitrogens with zero attached hydrogens (tertiary/aromatic N) is 3. The molecule has 2 rings (SSSR count). The van der Waals surface area contributed by atoms with Crippen LogP contribution in [0.1, 0.15) is 19.3 Å². The van der Waals surface area contributed by atoms with Gasteiger partial charge in [0.2, 0.25) is 5.82 Å². The van der Waals surface area contributed by atoms with Gasteiger partial charge in [-0.2, -0.15) is 0 Å². The van der Waals surface area contributed by atoms with Crippen molar-refractivity contribution in [3.63, 3.8) is 0 Å². The number of aldehydes is 1. The Morgan fingerprint density at radius 1 is 1.53 bits per heavy atom. The number of carbonyl (C=O) groups excluding carboxylic acids is 1. The lowest BCUT2D eigenvalue weighted by atomic mass is 10.0. The molecule has 6 heteroatoms. The van der Waals surface area contributed by atoms with Gasteiger partial charge in [-0.3, -0.25) is 10.1 Å². The highest BCUT2D eigenvalue weighted by Crippen LogP contribution is 2.29. The molecular weight excluding hydrogens is 222 g/mol. The second-order valence-electron chi connectivity index (χ2n) is 4.00. The Bertz CT molecular complexity index is 436. The van der Waals surface area contributed by atoms with Gasteiger partial charge in [-0.1, -0.05) is 0 Å². The summed E-state index contributed by atoms with van der Waals surface area (Å²) in [5.41, 5.74) is -0.0405. The highest BCUT2D eigenvalue weighted by Gasteiger charge is 2.28. The van der Waals surface area contributed by atoms with Crippen LogP contribution in [0, 0.1) is 10.1 Å². The van der Waals surface area contributed by atoms with Gasteiger partial charge in [-0.25, -0.2) is 4.98 Å². The lowest BCUT2D eigenvalue weighted by molar-refractivity contribution is -0.384. The zero-order valence-corrected chi connectivity index (χ0v) is 9.28. The summed E-state index contributed by atoms with van der Waals surface area (Å²) in [6, 6.07) is 2.65. The molecule has 1 aromatic rings. The van der Waals surface area contributed by atoms with E-state index in [1.165, 1.54) is 18.3 Å². The third-order valence-electron chi connectivity index (χ3n) is 2.94. The molecule has 1 aliphatic heterocycles. The Balaban J connectivity index is 2.37. The lowest BCUT2D eigenvalue weighted by Crippen LogP contribution is -2.41. The molecule has 1 aromatic heterocycles. The minimum atomic E-state index is -0.460. The summed E-state index contributed by atoms with van der Waals surface area (Å²) < 4.78 is 0. The van der Waals surface area contributed by atoms with Crippen molar-refractivity contribution in [1.29, 1.82) is 0 Å². The smallest absolute Gasteiger partial charge is 0.311 e. The number of anilines is 1. The predicted molar refractivity (Wildman–Crippen MR) is 61.9 cm³/mol. The number of piperidine rings is 1. The van der Waals surface area contributed by atoms with Gasteiger partial charge >= 0.3 is 5.69 Å². The fourth-order valence-corrected chi connectivity index (χ4v) is 2.11. The molecule has 1 unspecified atom stereocenters. The van der Waals surface area contributed by atoms with Crippen LogP contribution in [0.4, 0.5) is 11.5 Å². The molecule has 0 amide bonds. The van der Waals surface area contributed by atoms with E-state index < -0.39 is 4.92 Å². The summed E-state index contributed by atoms with van der Waals surface area (Å²) in [6.07, 6.45) is 4.99. The van der Waals surface area contributed by atoms with Crippen LogP contribution >= 0.6 is 0 Å². The van der Waals surface area contributed by atoms with Gasteiger partial charge in [0, 0.05) is 18.8 Å². The van der Waals surface area contributed by atoms with Crippen LogP contribution in [0.15, 0.2) is 18.3 Å². The summed E-state index contributed by atoms with van der Waals surface area (Å²) in [6.45, 7) is 0.640. The molecule has 90 valence electrons. The van der Waals surface area contributed by atoms with Crippen LogP contribution < -0.4 is 4.90 Å². The van der Waals surface area contributed by atoms with Crippen molar-refractivity contribution in [1.82, 2.24) is 4.98 Å². The Morgan fingerprint density at radius 2 is 2.35 bits per heavy atom. The van der Waals surface area contributed by atoms with E-state index in [-0.39, 0.29) is 11.7 Å². The topological polar surface area (TPSA) is 76.3 Å². The quantitative estimate of drug-likeness (QED) is 0.451. The van der Waals surface area contributed by atoms with Crippen LogP contribution in [0.5, 0.6) is 0 Å². The molecule has 2 heterocycles. The average molecular weight is 235 g/mol. The van der Waals surface area contributed by atoms with Crippen molar-refractivity contribution in [3.8, 4) is 0 Å². The second kappa shape index (κ2) is 4.90. The Hall–Kier alpha value is -1.98. The molecule has 0 aliphatic carbocycles. The van der Waals surface area contributed by atoms with Crippen molar-refractivity contribution < 1.29 is 9.72 Å². The molecule has 1 fully saturated rings. The molecule has 6 nitrogen and oxygen atoms in total. The minimum absolute atomic E-state index is 0.0405. The summed E-state index contributed by atoms with van der Waals surface area (Å²) >= 11 is 0. The van der Waals surface area contributed by atoms with E-state index in [9.17, 15) is 14.9 Å². The highest BCUT2D eigenvalue weighted by molar-refractivity contribution is 5.69. The Labute approximate surface area is 98.4 Å². The number of aromatic nitrogens is 1. The van der Waals surface area contributed by atoms with E-state index in [4.69, 9.17) is 0 Å². The second-order valence-corrected chi connectivity index (χ2v) is 4.00. The van der Waals surface area contributed by atoms with Gasteiger partial charge in [0.25, 0.3) is 0 Å². The molecule has 0 bridgehead atoms.